The molecule has 0 aliphatic heterocycles. The van der Waals surface area contributed by atoms with Gasteiger partial charge in [0.1, 0.15) is 0 Å². The van der Waals surface area contributed by atoms with Crippen molar-refractivity contribution in [1.82, 2.24) is 0 Å². The minimum Gasteiger partial charge on any atom is -0.396 e. The number of aliphatic hydroxyl groups excluding tert-OH is 1. The summed E-state index contributed by atoms with van der Waals surface area (Å²) < 4.78 is 0. The number of aliphatic hydroxyl groups is 1. The van der Waals surface area contributed by atoms with Crippen LogP contribution in [0.4, 0.5) is 0 Å². The summed E-state index contributed by atoms with van der Waals surface area (Å²) in [6.07, 6.45) is 0.768. The largest absolute Gasteiger partial charge is 0.396 e. The fraction of sp³-hybridized carbons (Fsp3) is 0.500. The van der Waals surface area contributed by atoms with Gasteiger partial charge in [-0.3, -0.25) is 0 Å². The maximum atomic E-state index is 8.82. The first-order valence-corrected chi connectivity index (χ1v) is 4.85. The highest BCUT2D eigenvalue weighted by Gasteiger charge is 2.02. The van der Waals surface area contributed by atoms with Gasteiger partial charge in [-0.1, -0.05) is 32.0 Å². The van der Waals surface area contributed by atoms with Gasteiger partial charge in [0.25, 0.3) is 0 Å². The summed E-state index contributed by atoms with van der Waals surface area (Å²) in [4.78, 5) is 0. The second-order valence-electron chi connectivity index (χ2n) is 3.81. The Morgan fingerprint density at radius 2 is 2.00 bits per heavy atom. The molecular formula is C12H18O. The van der Waals surface area contributed by atoms with Gasteiger partial charge < -0.3 is 5.11 Å². The molecule has 0 fully saturated rings. The Balaban J connectivity index is 2.92. The van der Waals surface area contributed by atoms with Gasteiger partial charge in [-0.25, -0.2) is 0 Å². The normalized spacial score (nSPS) is 10.8. The van der Waals surface area contributed by atoms with Crippen molar-refractivity contribution in [3.8, 4) is 0 Å². The molecule has 0 heterocycles. The average molecular weight is 178 g/mol. The third-order valence-corrected chi connectivity index (χ3v) is 2.41. The van der Waals surface area contributed by atoms with Crippen LogP contribution in [0, 0.1) is 6.92 Å². The van der Waals surface area contributed by atoms with Crippen LogP contribution in [0.2, 0.25) is 0 Å². The Labute approximate surface area is 80.4 Å². The SMILES string of the molecule is Cc1cc(C(C)C)ccc1CCO. The maximum Gasteiger partial charge on any atom is 0.0471 e. The second kappa shape index (κ2) is 4.43. The number of benzene rings is 1. The number of hydrogen-bond acceptors (Lipinski definition) is 1. The van der Waals surface area contributed by atoms with Crippen molar-refractivity contribution in [1.29, 1.82) is 0 Å². The Morgan fingerprint density at radius 1 is 1.31 bits per heavy atom. The van der Waals surface area contributed by atoms with Gasteiger partial charge >= 0.3 is 0 Å². The van der Waals surface area contributed by atoms with Crippen LogP contribution in [0.5, 0.6) is 0 Å². The Morgan fingerprint density at radius 3 is 2.46 bits per heavy atom. The smallest absolute Gasteiger partial charge is 0.0471 e. The zero-order valence-corrected chi connectivity index (χ0v) is 8.67. The first kappa shape index (κ1) is 10.3. The lowest BCUT2D eigenvalue weighted by Crippen LogP contribution is -1.96. The molecular weight excluding hydrogens is 160 g/mol. The summed E-state index contributed by atoms with van der Waals surface area (Å²) in [6, 6.07) is 6.50. The molecule has 0 radical (unpaired) electrons. The lowest BCUT2D eigenvalue weighted by Gasteiger charge is -2.09. The number of hydrogen-bond donors (Lipinski definition) is 1. The molecule has 13 heavy (non-hydrogen) atoms. The Hall–Kier alpha value is -0.820. The molecule has 1 aromatic rings. The summed E-state index contributed by atoms with van der Waals surface area (Å²) in [5.74, 6) is 0.585. The van der Waals surface area contributed by atoms with E-state index < -0.39 is 0 Å². The molecule has 0 aliphatic carbocycles. The van der Waals surface area contributed by atoms with Gasteiger partial charge in [-0.05, 0) is 36.0 Å². The van der Waals surface area contributed by atoms with Crippen LogP contribution < -0.4 is 0 Å². The molecule has 1 rings (SSSR count). The lowest BCUT2D eigenvalue weighted by molar-refractivity contribution is 0.299. The fourth-order valence-corrected chi connectivity index (χ4v) is 1.48. The van der Waals surface area contributed by atoms with Gasteiger partial charge in [0, 0.05) is 6.61 Å². The monoisotopic (exact) mass is 178 g/mol. The molecule has 0 bridgehead atoms. The first-order valence-electron chi connectivity index (χ1n) is 4.85. The van der Waals surface area contributed by atoms with Crippen LogP contribution in [0.1, 0.15) is 36.5 Å². The standard InChI is InChI=1S/C12H18O/c1-9(2)12-5-4-11(6-7-13)10(3)8-12/h4-5,8-9,13H,6-7H2,1-3H3. The summed E-state index contributed by atoms with van der Waals surface area (Å²) in [7, 11) is 0. The summed E-state index contributed by atoms with van der Waals surface area (Å²) in [6.45, 7) is 6.74. The van der Waals surface area contributed by atoms with E-state index >= 15 is 0 Å². The molecule has 0 atom stereocenters. The van der Waals surface area contributed by atoms with Crippen molar-refractivity contribution in [3.63, 3.8) is 0 Å². The van der Waals surface area contributed by atoms with E-state index in [1.165, 1.54) is 16.7 Å². The van der Waals surface area contributed by atoms with Gasteiger partial charge in [0.15, 0.2) is 0 Å². The van der Waals surface area contributed by atoms with E-state index in [9.17, 15) is 0 Å². The van der Waals surface area contributed by atoms with E-state index in [0.29, 0.717) is 5.92 Å². The topological polar surface area (TPSA) is 20.2 Å². The predicted octanol–water partition coefficient (Wildman–Crippen LogP) is 2.65. The van der Waals surface area contributed by atoms with Crippen molar-refractivity contribution >= 4 is 0 Å². The zero-order valence-electron chi connectivity index (χ0n) is 8.67. The van der Waals surface area contributed by atoms with Crippen LogP contribution in [-0.2, 0) is 6.42 Å². The predicted molar refractivity (Wildman–Crippen MR) is 56.1 cm³/mol. The van der Waals surface area contributed by atoms with E-state index in [1.54, 1.807) is 0 Å². The second-order valence-corrected chi connectivity index (χ2v) is 3.81. The molecule has 0 aromatic heterocycles. The Bertz CT molecular complexity index is 276. The van der Waals surface area contributed by atoms with Crippen molar-refractivity contribution in [2.75, 3.05) is 6.61 Å². The minimum absolute atomic E-state index is 0.238. The van der Waals surface area contributed by atoms with E-state index in [2.05, 4.69) is 39.0 Å². The third-order valence-electron chi connectivity index (χ3n) is 2.41. The van der Waals surface area contributed by atoms with Crippen LogP contribution in [-0.4, -0.2) is 11.7 Å². The zero-order chi connectivity index (χ0) is 9.84. The van der Waals surface area contributed by atoms with Gasteiger partial charge in [0.05, 0.1) is 0 Å². The van der Waals surface area contributed by atoms with E-state index in [4.69, 9.17) is 5.11 Å². The van der Waals surface area contributed by atoms with Crippen molar-refractivity contribution in [2.45, 2.75) is 33.1 Å². The van der Waals surface area contributed by atoms with E-state index in [0.717, 1.165) is 6.42 Å². The quantitative estimate of drug-likeness (QED) is 0.754. The molecule has 1 N–H and O–H groups in total. The third kappa shape index (κ3) is 2.56. The number of aryl methyl sites for hydroxylation is 1. The molecule has 0 unspecified atom stereocenters. The van der Waals surface area contributed by atoms with E-state index in [-0.39, 0.29) is 6.61 Å². The molecule has 0 aliphatic rings. The lowest BCUT2D eigenvalue weighted by atomic mass is 9.97. The van der Waals surface area contributed by atoms with Crippen molar-refractivity contribution in [3.05, 3.63) is 34.9 Å². The molecule has 1 aromatic carbocycles. The summed E-state index contributed by atoms with van der Waals surface area (Å²) in [5.41, 5.74) is 3.92. The molecule has 0 spiro atoms. The molecule has 0 saturated carbocycles. The van der Waals surface area contributed by atoms with Crippen molar-refractivity contribution in [2.24, 2.45) is 0 Å². The number of rotatable bonds is 3. The average Bonchev–Trinajstić information content (AvgIpc) is 2.08. The van der Waals surface area contributed by atoms with Crippen molar-refractivity contribution < 1.29 is 5.11 Å². The van der Waals surface area contributed by atoms with Gasteiger partial charge in [0.2, 0.25) is 0 Å². The molecule has 72 valence electrons. The highest BCUT2D eigenvalue weighted by atomic mass is 16.2. The first-order chi connectivity index (χ1) is 6.15. The highest BCUT2D eigenvalue weighted by molar-refractivity contribution is 5.32. The van der Waals surface area contributed by atoms with Crippen LogP contribution in [0.15, 0.2) is 18.2 Å². The molecule has 0 saturated heterocycles. The van der Waals surface area contributed by atoms with Gasteiger partial charge in [-0.2, -0.15) is 0 Å². The maximum absolute atomic E-state index is 8.82. The van der Waals surface area contributed by atoms with E-state index in [1.807, 2.05) is 0 Å². The Kier molecular flexibility index (Phi) is 3.49. The summed E-state index contributed by atoms with van der Waals surface area (Å²) >= 11 is 0. The minimum atomic E-state index is 0.238. The van der Waals surface area contributed by atoms with Crippen LogP contribution in [0.25, 0.3) is 0 Å². The highest BCUT2D eigenvalue weighted by Crippen LogP contribution is 2.18. The summed E-state index contributed by atoms with van der Waals surface area (Å²) in [5, 5.41) is 8.82. The van der Waals surface area contributed by atoms with Gasteiger partial charge in [-0.15, -0.1) is 0 Å². The van der Waals surface area contributed by atoms with Crippen LogP contribution in [0.3, 0.4) is 0 Å². The van der Waals surface area contributed by atoms with Crippen LogP contribution >= 0.6 is 0 Å². The molecule has 1 heteroatoms. The molecule has 1 nitrogen and oxygen atoms in total. The molecule has 0 amide bonds. The fourth-order valence-electron chi connectivity index (χ4n) is 1.48.